The molecule has 0 radical (unpaired) electrons. The molecule has 0 aromatic heterocycles. The molecular weight excluding hydrogens is 176 g/mol. The van der Waals surface area contributed by atoms with E-state index in [0.717, 1.165) is 10.5 Å². The van der Waals surface area contributed by atoms with Gasteiger partial charge in [0.05, 0.1) is 0 Å². The van der Waals surface area contributed by atoms with Crippen molar-refractivity contribution in [2.45, 2.75) is 4.90 Å². The normalized spacial score (nSPS) is 9.85. The smallest absolute Gasteiger partial charge is 0.0199 e. The van der Waals surface area contributed by atoms with Crippen molar-refractivity contribution in [2.24, 2.45) is 0 Å². The molecule has 0 aliphatic carbocycles. The Labute approximate surface area is 83.6 Å². The van der Waals surface area contributed by atoms with Gasteiger partial charge in [0, 0.05) is 0 Å². The van der Waals surface area contributed by atoms with Gasteiger partial charge in [-0.15, -0.1) is 0 Å². The number of hydrogen-bond donors (Lipinski definition) is 0. The van der Waals surface area contributed by atoms with Gasteiger partial charge in [-0.2, -0.15) is 4.90 Å². The van der Waals surface area contributed by atoms with Crippen molar-refractivity contribution in [1.82, 2.24) is 0 Å². The molecule has 64 valence electrons. The van der Waals surface area contributed by atoms with E-state index in [1.165, 1.54) is 5.56 Å². The Bertz CT molecular complexity index is 393. The zero-order chi connectivity index (χ0) is 9.10. The van der Waals surface area contributed by atoms with E-state index in [0.29, 0.717) is 0 Å². The molecule has 0 amide bonds. The van der Waals surface area contributed by atoms with E-state index in [1.54, 1.807) is 0 Å². The first-order valence-electron chi connectivity index (χ1n) is 4.19. The van der Waals surface area contributed by atoms with Crippen LogP contribution in [0.25, 0.3) is 11.1 Å². The van der Waals surface area contributed by atoms with Crippen LogP contribution >= 0.6 is 0 Å². The summed E-state index contributed by atoms with van der Waals surface area (Å²) in [4.78, 5) is 0.911. The van der Waals surface area contributed by atoms with Gasteiger partial charge in [0.15, 0.2) is 0 Å². The van der Waals surface area contributed by atoms with Gasteiger partial charge in [-0.25, -0.2) is 0 Å². The number of hydrogen-bond acceptors (Lipinski definition) is 1. The van der Waals surface area contributed by atoms with E-state index in [2.05, 4.69) is 18.2 Å². The number of benzene rings is 2. The van der Waals surface area contributed by atoms with E-state index in [-0.39, 0.29) is 0 Å². The van der Waals surface area contributed by atoms with Gasteiger partial charge < -0.3 is 12.6 Å². The third-order valence-electron chi connectivity index (χ3n) is 1.97. The molecule has 1 heteroatoms. The highest BCUT2D eigenvalue weighted by atomic mass is 32.1. The van der Waals surface area contributed by atoms with Crippen molar-refractivity contribution < 1.29 is 0 Å². The lowest BCUT2D eigenvalue weighted by molar-refractivity contribution is 1.45. The minimum atomic E-state index is 0.911. The van der Waals surface area contributed by atoms with Gasteiger partial charge in [-0.05, 0) is 11.1 Å². The maximum Gasteiger partial charge on any atom is -0.0199 e. The molecule has 2 aromatic carbocycles. The third kappa shape index (κ3) is 1.70. The number of rotatable bonds is 1. The molecule has 0 atom stereocenters. The van der Waals surface area contributed by atoms with Crippen LogP contribution in [0.3, 0.4) is 0 Å². The van der Waals surface area contributed by atoms with Gasteiger partial charge in [0.25, 0.3) is 0 Å². The zero-order valence-corrected chi connectivity index (χ0v) is 7.92. The predicted molar refractivity (Wildman–Crippen MR) is 57.5 cm³/mol. The summed E-state index contributed by atoms with van der Waals surface area (Å²) in [6, 6.07) is 18.2. The van der Waals surface area contributed by atoms with Gasteiger partial charge in [0.1, 0.15) is 0 Å². The van der Waals surface area contributed by atoms with Gasteiger partial charge >= 0.3 is 0 Å². The van der Waals surface area contributed by atoms with E-state index in [1.807, 2.05) is 36.4 Å². The van der Waals surface area contributed by atoms with E-state index in [4.69, 9.17) is 12.6 Å². The highest BCUT2D eigenvalue weighted by Gasteiger charge is 1.93. The fourth-order valence-corrected chi connectivity index (χ4v) is 1.59. The van der Waals surface area contributed by atoms with E-state index in [9.17, 15) is 0 Å². The zero-order valence-electron chi connectivity index (χ0n) is 7.10. The Hall–Kier alpha value is -1.34. The van der Waals surface area contributed by atoms with Gasteiger partial charge in [0.2, 0.25) is 0 Å². The molecule has 2 rings (SSSR count). The third-order valence-corrected chi connectivity index (χ3v) is 2.33. The summed E-state index contributed by atoms with van der Waals surface area (Å²) >= 11 is 5.23. The highest BCUT2D eigenvalue weighted by molar-refractivity contribution is 7.59. The Morgan fingerprint density at radius 3 is 2.00 bits per heavy atom. The second kappa shape index (κ2) is 3.58. The van der Waals surface area contributed by atoms with Crippen LogP contribution in [0.15, 0.2) is 59.5 Å². The van der Waals surface area contributed by atoms with Crippen LogP contribution in [-0.2, 0) is 12.6 Å². The minimum absolute atomic E-state index is 0.911. The molecule has 13 heavy (non-hydrogen) atoms. The van der Waals surface area contributed by atoms with Crippen molar-refractivity contribution in [1.29, 1.82) is 0 Å². The maximum atomic E-state index is 5.23. The Kier molecular flexibility index (Phi) is 2.28. The Morgan fingerprint density at radius 1 is 0.692 bits per heavy atom. The molecule has 0 aliphatic rings. The molecule has 0 nitrogen and oxygen atoms in total. The molecule has 0 aliphatic heterocycles. The lowest BCUT2D eigenvalue weighted by Gasteiger charge is -2.12. The van der Waals surface area contributed by atoms with Gasteiger partial charge in [-0.3, -0.25) is 0 Å². The monoisotopic (exact) mass is 185 g/mol. The van der Waals surface area contributed by atoms with Crippen LogP contribution in [0.2, 0.25) is 0 Å². The predicted octanol–water partition coefficient (Wildman–Crippen LogP) is 3.26. The van der Waals surface area contributed by atoms with Crippen molar-refractivity contribution in [3.05, 3.63) is 54.6 Å². The molecule has 0 unspecified atom stereocenters. The first-order valence-corrected chi connectivity index (χ1v) is 4.60. The Morgan fingerprint density at radius 2 is 1.31 bits per heavy atom. The molecular formula is C12H9S-. The summed E-state index contributed by atoms with van der Waals surface area (Å²) in [5.41, 5.74) is 2.33. The second-order valence-corrected chi connectivity index (χ2v) is 3.30. The summed E-state index contributed by atoms with van der Waals surface area (Å²) in [6.45, 7) is 0. The topological polar surface area (TPSA) is 0 Å². The lowest BCUT2D eigenvalue weighted by Crippen LogP contribution is -1.80. The van der Waals surface area contributed by atoms with Crippen molar-refractivity contribution >= 4 is 12.6 Å². The van der Waals surface area contributed by atoms with Crippen LogP contribution in [0.4, 0.5) is 0 Å². The first-order chi connectivity index (χ1) is 6.38. The van der Waals surface area contributed by atoms with Crippen LogP contribution in [0, 0.1) is 0 Å². The average molecular weight is 185 g/mol. The molecule has 0 heterocycles. The van der Waals surface area contributed by atoms with Crippen LogP contribution < -0.4 is 0 Å². The summed E-state index contributed by atoms with van der Waals surface area (Å²) < 4.78 is 0. The quantitative estimate of drug-likeness (QED) is 0.614. The minimum Gasteiger partial charge on any atom is -0.779 e. The summed E-state index contributed by atoms with van der Waals surface area (Å²) in [6.07, 6.45) is 0. The van der Waals surface area contributed by atoms with Crippen molar-refractivity contribution in [2.75, 3.05) is 0 Å². The molecule has 0 bridgehead atoms. The molecule has 0 spiro atoms. The molecule has 0 saturated carbocycles. The summed E-state index contributed by atoms with van der Waals surface area (Å²) in [5.74, 6) is 0. The maximum absolute atomic E-state index is 5.23. The van der Waals surface area contributed by atoms with Crippen molar-refractivity contribution in [3.63, 3.8) is 0 Å². The first kappa shape index (κ1) is 8.27. The molecule has 2 aromatic rings. The lowest BCUT2D eigenvalue weighted by atomic mass is 10.1. The van der Waals surface area contributed by atoms with Crippen LogP contribution in [0.1, 0.15) is 0 Å². The van der Waals surface area contributed by atoms with E-state index < -0.39 is 0 Å². The van der Waals surface area contributed by atoms with E-state index >= 15 is 0 Å². The summed E-state index contributed by atoms with van der Waals surface area (Å²) in [5, 5.41) is 0. The van der Waals surface area contributed by atoms with Gasteiger partial charge in [-0.1, -0.05) is 54.6 Å². The standard InChI is InChI=1S/C12H10S/c13-12-9-5-4-8-11(12)10-6-2-1-3-7-10/h1-9,13H/p-1. The average Bonchev–Trinajstić information content (AvgIpc) is 2.20. The van der Waals surface area contributed by atoms with Crippen molar-refractivity contribution in [3.8, 4) is 11.1 Å². The highest BCUT2D eigenvalue weighted by Crippen LogP contribution is 2.22. The SMILES string of the molecule is [S-]c1ccccc1-c1ccccc1. The fraction of sp³-hybridized carbons (Fsp3) is 0. The molecule has 0 saturated heterocycles. The fourth-order valence-electron chi connectivity index (χ4n) is 1.32. The molecule has 0 N–H and O–H groups in total. The van der Waals surface area contributed by atoms with Crippen LogP contribution in [0.5, 0.6) is 0 Å². The second-order valence-electron chi connectivity index (χ2n) is 2.86. The largest absolute Gasteiger partial charge is 0.779 e. The molecule has 0 fully saturated rings. The summed E-state index contributed by atoms with van der Waals surface area (Å²) in [7, 11) is 0. The van der Waals surface area contributed by atoms with Crippen LogP contribution in [-0.4, -0.2) is 0 Å². The Balaban J connectivity index is 2.54.